The van der Waals surface area contributed by atoms with Crippen molar-refractivity contribution in [3.63, 3.8) is 0 Å². The molecule has 1 aliphatic heterocycles. The van der Waals surface area contributed by atoms with E-state index in [2.05, 4.69) is 11.0 Å². The number of amides is 1. The third kappa shape index (κ3) is 4.34. The van der Waals surface area contributed by atoms with Gasteiger partial charge in [-0.15, -0.1) is 0 Å². The van der Waals surface area contributed by atoms with E-state index in [0.29, 0.717) is 6.42 Å². The van der Waals surface area contributed by atoms with E-state index in [-0.39, 0.29) is 18.4 Å². The van der Waals surface area contributed by atoms with Crippen molar-refractivity contribution in [3.05, 3.63) is 0 Å². The number of carboxylic acid groups (broad SMARTS) is 1. The fraction of sp³-hybridized carbons (Fsp3) is 0.750. The van der Waals surface area contributed by atoms with Gasteiger partial charge in [-0.05, 0) is 25.9 Å². The topological polar surface area (TPSA) is 84.6 Å². The molecule has 0 aromatic heterocycles. The maximum atomic E-state index is 11.9. The predicted molar refractivity (Wildman–Crippen MR) is 64.7 cm³/mol. The zero-order chi connectivity index (χ0) is 13.5. The smallest absolute Gasteiger partial charge is 0.323 e. The lowest BCUT2D eigenvalue weighted by molar-refractivity contribution is -0.145. The largest absolute Gasteiger partial charge is 0.480 e. The Balaban J connectivity index is 2.36. The van der Waals surface area contributed by atoms with Crippen molar-refractivity contribution in [2.45, 2.75) is 19.3 Å². The van der Waals surface area contributed by atoms with Gasteiger partial charge in [0.2, 0.25) is 5.91 Å². The normalized spacial score (nSPS) is 17.1. The van der Waals surface area contributed by atoms with Crippen molar-refractivity contribution in [2.75, 3.05) is 33.2 Å². The van der Waals surface area contributed by atoms with Crippen LogP contribution in [0.1, 0.15) is 19.3 Å². The van der Waals surface area contributed by atoms with Crippen LogP contribution in [0.25, 0.3) is 0 Å². The Bertz CT molecular complexity index is 343. The molecule has 6 nitrogen and oxygen atoms in total. The van der Waals surface area contributed by atoms with Crippen molar-refractivity contribution in [2.24, 2.45) is 5.92 Å². The summed E-state index contributed by atoms with van der Waals surface area (Å²) in [5.41, 5.74) is 0. The maximum absolute atomic E-state index is 11.9. The van der Waals surface area contributed by atoms with Crippen LogP contribution in [0.4, 0.5) is 0 Å². The molecular formula is C12H19N3O3. The van der Waals surface area contributed by atoms with Crippen LogP contribution in [0.3, 0.4) is 0 Å². The number of carboxylic acids is 1. The highest BCUT2D eigenvalue weighted by atomic mass is 16.4. The van der Waals surface area contributed by atoms with E-state index in [0.717, 1.165) is 32.5 Å². The first-order chi connectivity index (χ1) is 8.54. The summed E-state index contributed by atoms with van der Waals surface area (Å²) in [5, 5.41) is 17.1. The van der Waals surface area contributed by atoms with E-state index < -0.39 is 5.97 Å². The van der Waals surface area contributed by atoms with Gasteiger partial charge in [0.1, 0.15) is 6.54 Å². The van der Waals surface area contributed by atoms with Crippen molar-refractivity contribution in [3.8, 4) is 6.07 Å². The van der Waals surface area contributed by atoms with E-state index >= 15 is 0 Å². The molecular weight excluding hydrogens is 234 g/mol. The van der Waals surface area contributed by atoms with Crippen LogP contribution >= 0.6 is 0 Å². The molecule has 0 saturated carbocycles. The summed E-state index contributed by atoms with van der Waals surface area (Å²) in [6, 6.07) is 2.11. The Labute approximate surface area is 107 Å². The number of likely N-dealkylation sites (tertiary alicyclic amines) is 1. The van der Waals surface area contributed by atoms with E-state index in [4.69, 9.17) is 10.4 Å². The van der Waals surface area contributed by atoms with E-state index in [1.807, 2.05) is 0 Å². The van der Waals surface area contributed by atoms with Crippen LogP contribution in [-0.2, 0) is 9.59 Å². The van der Waals surface area contributed by atoms with Crippen LogP contribution < -0.4 is 0 Å². The number of hydrogen-bond donors (Lipinski definition) is 1. The fourth-order valence-corrected chi connectivity index (χ4v) is 2.20. The second-order valence-corrected chi connectivity index (χ2v) is 4.61. The molecule has 0 aromatic carbocycles. The lowest BCUT2D eigenvalue weighted by Gasteiger charge is -2.32. The summed E-state index contributed by atoms with van der Waals surface area (Å²) in [7, 11) is 1.53. The Kier molecular flexibility index (Phi) is 5.59. The van der Waals surface area contributed by atoms with Gasteiger partial charge in [-0.2, -0.15) is 5.26 Å². The first kappa shape index (κ1) is 14.5. The third-order valence-corrected chi connectivity index (χ3v) is 3.23. The molecule has 1 heterocycles. The van der Waals surface area contributed by atoms with Gasteiger partial charge in [-0.25, -0.2) is 0 Å². The molecule has 6 heteroatoms. The number of aliphatic carboxylic acids is 1. The van der Waals surface area contributed by atoms with Crippen LogP contribution in [0.15, 0.2) is 0 Å². The van der Waals surface area contributed by atoms with Gasteiger partial charge in [0.15, 0.2) is 0 Å². The second-order valence-electron chi connectivity index (χ2n) is 4.61. The fourth-order valence-electron chi connectivity index (χ4n) is 2.20. The summed E-state index contributed by atoms with van der Waals surface area (Å²) in [5.74, 6) is -1.15. The minimum atomic E-state index is -0.989. The van der Waals surface area contributed by atoms with E-state index in [9.17, 15) is 9.59 Å². The summed E-state index contributed by atoms with van der Waals surface area (Å²) >= 11 is 0. The van der Waals surface area contributed by atoms with Gasteiger partial charge in [0.25, 0.3) is 0 Å². The van der Waals surface area contributed by atoms with Gasteiger partial charge in [-0.1, -0.05) is 0 Å². The molecule has 0 bridgehead atoms. The Morgan fingerprint density at radius 2 is 2.06 bits per heavy atom. The van der Waals surface area contributed by atoms with Crippen molar-refractivity contribution in [1.29, 1.82) is 5.26 Å². The highest BCUT2D eigenvalue weighted by Gasteiger charge is 2.27. The minimum Gasteiger partial charge on any atom is -0.480 e. The zero-order valence-electron chi connectivity index (χ0n) is 10.6. The highest BCUT2D eigenvalue weighted by molar-refractivity contribution is 5.82. The molecule has 1 saturated heterocycles. The number of hydrogen-bond acceptors (Lipinski definition) is 4. The van der Waals surface area contributed by atoms with Crippen LogP contribution in [0.5, 0.6) is 0 Å². The third-order valence-electron chi connectivity index (χ3n) is 3.23. The highest BCUT2D eigenvalue weighted by Crippen LogP contribution is 2.19. The molecule has 18 heavy (non-hydrogen) atoms. The summed E-state index contributed by atoms with van der Waals surface area (Å²) in [6.45, 7) is 2.12. The standard InChI is InChI=1S/C12H19N3O3/c1-14(9-11(16)17)12(18)10-3-7-15(8-4-10)6-2-5-13/h10H,2-4,6-9H2,1H3,(H,16,17). The molecule has 100 valence electrons. The molecule has 0 aliphatic carbocycles. The molecule has 1 rings (SSSR count). The number of carbonyl (C=O) groups excluding carboxylic acids is 1. The number of piperidine rings is 1. The Hall–Kier alpha value is -1.61. The molecule has 1 aliphatic rings. The maximum Gasteiger partial charge on any atom is 0.323 e. The van der Waals surface area contributed by atoms with E-state index in [1.54, 1.807) is 0 Å². The van der Waals surface area contributed by atoms with Crippen molar-refractivity contribution < 1.29 is 14.7 Å². The minimum absolute atomic E-state index is 0.0762. The van der Waals surface area contributed by atoms with Crippen LogP contribution in [-0.4, -0.2) is 60.0 Å². The van der Waals surface area contributed by atoms with Gasteiger partial charge < -0.3 is 14.9 Å². The molecule has 0 atom stereocenters. The van der Waals surface area contributed by atoms with Gasteiger partial charge >= 0.3 is 5.97 Å². The summed E-state index contributed by atoms with van der Waals surface area (Å²) < 4.78 is 0. The number of likely N-dealkylation sites (N-methyl/N-ethyl adjacent to an activating group) is 1. The summed E-state index contributed by atoms with van der Waals surface area (Å²) in [4.78, 5) is 25.9. The first-order valence-electron chi connectivity index (χ1n) is 6.10. The number of nitriles is 1. The molecule has 1 N–H and O–H groups in total. The molecule has 0 spiro atoms. The lowest BCUT2D eigenvalue weighted by Crippen LogP contribution is -2.42. The zero-order valence-corrected chi connectivity index (χ0v) is 10.6. The van der Waals surface area contributed by atoms with Gasteiger partial charge in [0.05, 0.1) is 6.07 Å². The number of carbonyl (C=O) groups is 2. The average molecular weight is 253 g/mol. The number of nitrogens with zero attached hydrogens (tertiary/aromatic N) is 3. The predicted octanol–water partition coefficient (Wildman–Crippen LogP) is 0.155. The van der Waals surface area contributed by atoms with E-state index in [1.165, 1.54) is 11.9 Å². The lowest BCUT2D eigenvalue weighted by atomic mass is 9.95. The molecule has 1 amide bonds. The quantitative estimate of drug-likeness (QED) is 0.754. The van der Waals surface area contributed by atoms with Gasteiger partial charge in [-0.3, -0.25) is 9.59 Å². The number of rotatable bonds is 5. The van der Waals surface area contributed by atoms with Crippen molar-refractivity contribution in [1.82, 2.24) is 9.80 Å². The monoisotopic (exact) mass is 253 g/mol. The van der Waals surface area contributed by atoms with Crippen LogP contribution in [0.2, 0.25) is 0 Å². The Morgan fingerprint density at radius 3 is 2.56 bits per heavy atom. The van der Waals surface area contributed by atoms with Crippen LogP contribution in [0, 0.1) is 17.2 Å². The Morgan fingerprint density at radius 1 is 1.44 bits per heavy atom. The van der Waals surface area contributed by atoms with Gasteiger partial charge in [0, 0.05) is 25.9 Å². The molecule has 0 unspecified atom stereocenters. The second kappa shape index (κ2) is 6.97. The summed E-state index contributed by atoms with van der Waals surface area (Å²) in [6.07, 6.45) is 2.00. The average Bonchev–Trinajstić information content (AvgIpc) is 2.35. The molecule has 0 radical (unpaired) electrons. The molecule has 0 aromatic rings. The SMILES string of the molecule is CN(CC(=O)O)C(=O)C1CCN(CCC#N)CC1. The van der Waals surface area contributed by atoms with Crippen molar-refractivity contribution >= 4 is 11.9 Å². The molecule has 1 fully saturated rings. The first-order valence-corrected chi connectivity index (χ1v) is 6.10.